The van der Waals surface area contributed by atoms with E-state index < -0.39 is 0 Å². The third-order valence-electron chi connectivity index (χ3n) is 4.62. The molecule has 18 heavy (non-hydrogen) atoms. The fourth-order valence-corrected chi connectivity index (χ4v) is 3.06. The highest BCUT2D eigenvalue weighted by molar-refractivity contribution is 5.81. The highest BCUT2D eigenvalue weighted by atomic mass is 16.2. The van der Waals surface area contributed by atoms with E-state index in [1.165, 1.54) is 12.8 Å². The summed E-state index contributed by atoms with van der Waals surface area (Å²) in [5.74, 6) is 0.936. The predicted molar refractivity (Wildman–Crippen MR) is 73.4 cm³/mol. The van der Waals surface area contributed by atoms with Crippen LogP contribution in [0.3, 0.4) is 0 Å². The van der Waals surface area contributed by atoms with Crippen LogP contribution in [0.25, 0.3) is 0 Å². The van der Waals surface area contributed by atoms with Gasteiger partial charge in [0.05, 0.1) is 6.04 Å². The number of carbonyl (C=O) groups excluding carboxylic acids is 1. The normalized spacial score (nSPS) is 31.7. The van der Waals surface area contributed by atoms with Gasteiger partial charge in [-0.05, 0) is 45.6 Å². The van der Waals surface area contributed by atoms with E-state index in [9.17, 15) is 4.79 Å². The van der Waals surface area contributed by atoms with Crippen LogP contribution < -0.4 is 10.6 Å². The van der Waals surface area contributed by atoms with Crippen molar-refractivity contribution in [2.24, 2.45) is 5.92 Å². The van der Waals surface area contributed by atoms with Gasteiger partial charge in [-0.25, -0.2) is 0 Å². The van der Waals surface area contributed by atoms with Crippen molar-refractivity contribution in [1.82, 2.24) is 15.5 Å². The number of fused-ring (bicyclic) bond motifs is 1. The SMILES string of the molecule is CCC(C)NC(=O)C(C)N1CCC2NCCC2C1. The predicted octanol–water partition coefficient (Wildman–Crippen LogP) is 0.973. The standard InChI is InChI=1S/C14H27N3O/c1-4-10(2)16-14(18)11(3)17-8-6-13-12(9-17)5-7-15-13/h10-13,15H,4-9H2,1-3H3,(H,16,18). The second-order valence-corrected chi connectivity index (χ2v) is 5.89. The Morgan fingerprint density at radius 2 is 2.22 bits per heavy atom. The number of rotatable bonds is 4. The molecule has 2 N–H and O–H groups in total. The van der Waals surface area contributed by atoms with Crippen molar-refractivity contribution < 1.29 is 4.79 Å². The second-order valence-electron chi connectivity index (χ2n) is 5.89. The van der Waals surface area contributed by atoms with Gasteiger partial charge in [0.15, 0.2) is 0 Å². The summed E-state index contributed by atoms with van der Waals surface area (Å²) in [7, 11) is 0. The number of amides is 1. The molecule has 0 bridgehead atoms. The van der Waals surface area contributed by atoms with Crippen LogP contribution in [-0.4, -0.2) is 48.6 Å². The summed E-state index contributed by atoms with van der Waals surface area (Å²) >= 11 is 0. The summed E-state index contributed by atoms with van der Waals surface area (Å²) in [5, 5.41) is 6.65. The number of likely N-dealkylation sites (tertiary alicyclic amines) is 1. The molecule has 0 aromatic rings. The Morgan fingerprint density at radius 3 is 2.94 bits per heavy atom. The van der Waals surface area contributed by atoms with E-state index in [1.807, 2.05) is 6.92 Å². The maximum atomic E-state index is 12.1. The molecular formula is C14H27N3O. The Bertz CT molecular complexity index is 295. The molecule has 0 spiro atoms. The average molecular weight is 253 g/mol. The molecule has 4 nitrogen and oxygen atoms in total. The molecule has 0 radical (unpaired) electrons. The molecule has 4 heteroatoms. The zero-order valence-corrected chi connectivity index (χ0v) is 11.9. The van der Waals surface area contributed by atoms with Gasteiger partial charge in [0.25, 0.3) is 0 Å². The topological polar surface area (TPSA) is 44.4 Å². The van der Waals surface area contributed by atoms with Crippen molar-refractivity contribution in [3.05, 3.63) is 0 Å². The Hall–Kier alpha value is -0.610. The summed E-state index contributed by atoms with van der Waals surface area (Å²) < 4.78 is 0. The van der Waals surface area contributed by atoms with Gasteiger partial charge in [-0.2, -0.15) is 0 Å². The summed E-state index contributed by atoms with van der Waals surface area (Å²) in [6.45, 7) is 9.48. The molecule has 0 aliphatic carbocycles. The molecular weight excluding hydrogens is 226 g/mol. The zero-order valence-electron chi connectivity index (χ0n) is 11.9. The number of carbonyl (C=O) groups is 1. The molecule has 0 aromatic carbocycles. The van der Waals surface area contributed by atoms with Gasteiger partial charge in [-0.3, -0.25) is 9.69 Å². The highest BCUT2D eigenvalue weighted by Crippen LogP contribution is 2.25. The van der Waals surface area contributed by atoms with Crippen LogP contribution in [0.1, 0.15) is 40.0 Å². The van der Waals surface area contributed by atoms with Crippen molar-refractivity contribution in [1.29, 1.82) is 0 Å². The Balaban J connectivity index is 1.85. The van der Waals surface area contributed by atoms with E-state index in [4.69, 9.17) is 0 Å². The molecule has 0 aromatic heterocycles. The van der Waals surface area contributed by atoms with Crippen LogP contribution >= 0.6 is 0 Å². The lowest BCUT2D eigenvalue weighted by Gasteiger charge is -2.38. The number of hydrogen-bond donors (Lipinski definition) is 2. The lowest BCUT2D eigenvalue weighted by Crippen LogP contribution is -2.53. The van der Waals surface area contributed by atoms with Gasteiger partial charge in [-0.15, -0.1) is 0 Å². The van der Waals surface area contributed by atoms with Gasteiger partial charge in [0, 0.05) is 25.2 Å². The molecule has 2 saturated heterocycles. The van der Waals surface area contributed by atoms with Crippen LogP contribution in [0, 0.1) is 5.92 Å². The molecule has 2 aliphatic rings. The van der Waals surface area contributed by atoms with Crippen LogP contribution in [0.2, 0.25) is 0 Å². The first-order valence-electron chi connectivity index (χ1n) is 7.39. The number of piperidine rings is 1. The first-order valence-corrected chi connectivity index (χ1v) is 7.39. The van der Waals surface area contributed by atoms with Crippen molar-refractivity contribution in [3.8, 4) is 0 Å². The van der Waals surface area contributed by atoms with Crippen LogP contribution in [0.15, 0.2) is 0 Å². The van der Waals surface area contributed by atoms with Gasteiger partial charge >= 0.3 is 0 Å². The molecule has 4 atom stereocenters. The number of hydrogen-bond acceptors (Lipinski definition) is 3. The van der Waals surface area contributed by atoms with E-state index in [-0.39, 0.29) is 18.0 Å². The molecule has 1 amide bonds. The Labute approximate surface area is 110 Å². The third-order valence-corrected chi connectivity index (χ3v) is 4.62. The average Bonchev–Trinajstić information content (AvgIpc) is 2.84. The quantitative estimate of drug-likeness (QED) is 0.785. The largest absolute Gasteiger partial charge is 0.352 e. The van der Waals surface area contributed by atoms with E-state index in [2.05, 4.69) is 29.4 Å². The summed E-state index contributed by atoms with van der Waals surface area (Å²) in [4.78, 5) is 14.5. The Kier molecular flexibility index (Phi) is 4.62. The minimum Gasteiger partial charge on any atom is -0.352 e. The van der Waals surface area contributed by atoms with E-state index in [1.54, 1.807) is 0 Å². The van der Waals surface area contributed by atoms with Crippen molar-refractivity contribution in [2.75, 3.05) is 19.6 Å². The number of nitrogens with one attached hydrogen (secondary N) is 2. The van der Waals surface area contributed by atoms with Crippen molar-refractivity contribution in [3.63, 3.8) is 0 Å². The van der Waals surface area contributed by atoms with E-state index in [0.29, 0.717) is 6.04 Å². The minimum absolute atomic E-state index is 0.0144. The Morgan fingerprint density at radius 1 is 1.44 bits per heavy atom. The first kappa shape index (κ1) is 13.8. The van der Waals surface area contributed by atoms with Gasteiger partial charge in [0.2, 0.25) is 5.91 Å². The molecule has 104 valence electrons. The van der Waals surface area contributed by atoms with Crippen molar-refractivity contribution in [2.45, 2.75) is 58.2 Å². The molecule has 4 unspecified atom stereocenters. The van der Waals surface area contributed by atoms with Gasteiger partial charge < -0.3 is 10.6 Å². The lowest BCUT2D eigenvalue weighted by molar-refractivity contribution is -0.127. The van der Waals surface area contributed by atoms with E-state index in [0.717, 1.165) is 32.0 Å². The summed E-state index contributed by atoms with van der Waals surface area (Å²) in [5.41, 5.74) is 0. The fraction of sp³-hybridized carbons (Fsp3) is 0.929. The molecule has 2 aliphatic heterocycles. The zero-order chi connectivity index (χ0) is 13.1. The van der Waals surface area contributed by atoms with Gasteiger partial charge in [0.1, 0.15) is 0 Å². The molecule has 2 fully saturated rings. The maximum absolute atomic E-state index is 12.1. The van der Waals surface area contributed by atoms with Crippen LogP contribution in [0.5, 0.6) is 0 Å². The summed E-state index contributed by atoms with van der Waals surface area (Å²) in [6, 6.07) is 0.997. The van der Waals surface area contributed by atoms with Gasteiger partial charge in [-0.1, -0.05) is 6.92 Å². The molecule has 2 rings (SSSR count). The van der Waals surface area contributed by atoms with Crippen molar-refractivity contribution >= 4 is 5.91 Å². The lowest BCUT2D eigenvalue weighted by atomic mass is 9.92. The second kappa shape index (κ2) is 6.02. The smallest absolute Gasteiger partial charge is 0.237 e. The van der Waals surface area contributed by atoms with E-state index >= 15 is 0 Å². The number of nitrogens with zero attached hydrogens (tertiary/aromatic N) is 1. The van der Waals surface area contributed by atoms with Crippen LogP contribution in [-0.2, 0) is 4.79 Å². The minimum atomic E-state index is 0.0144. The third kappa shape index (κ3) is 3.04. The summed E-state index contributed by atoms with van der Waals surface area (Å²) in [6.07, 6.45) is 3.44. The highest BCUT2D eigenvalue weighted by Gasteiger charge is 2.35. The fourth-order valence-electron chi connectivity index (χ4n) is 3.06. The molecule has 2 heterocycles. The molecule has 0 saturated carbocycles. The monoisotopic (exact) mass is 253 g/mol. The first-order chi connectivity index (χ1) is 8.61. The van der Waals surface area contributed by atoms with Crippen LogP contribution in [0.4, 0.5) is 0 Å². The maximum Gasteiger partial charge on any atom is 0.237 e.